The lowest BCUT2D eigenvalue weighted by Gasteiger charge is -2.41. The van der Waals surface area contributed by atoms with Crippen molar-refractivity contribution < 1.29 is 33.8 Å². The fourth-order valence-electron chi connectivity index (χ4n) is 5.53. The fourth-order valence-corrected chi connectivity index (χ4v) is 5.87. The van der Waals surface area contributed by atoms with Crippen LogP contribution in [0.25, 0.3) is 0 Å². The fraction of sp³-hybridized carbons (Fsp3) is 1.00. The number of aliphatic hydroxyl groups excluding tert-OH is 2. The van der Waals surface area contributed by atoms with Crippen LogP contribution in [-0.2, 0) is 13.8 Å². The monoisotopic (exact) mass is 465 g/mol. The Kier molecular flexibility index (Phi) is 7.69. The summed E-state index contributed by atoms with van der Waals surface area (Å²) in [4.78, 5) is 20.1. The van der Waals surface area contributed by atoms with Crippen molar-refractivity contribution >= 4 is 7.82 Å². The summed E-state index contributed by atoms with van der Waals surface area (Å²) >= 11 is 0. The Balaban J connectivity index is 1.56. The summed E-state index contributed by atoms with van der Waals surface area (Å²) in [6.45, 7) is 0.0644. The number of hydrogen-bond donors (Lipinski definition) is 8. The van der Waals surface area contributed by atoms with Crippen molar-refractivity contribution in [3.05, 3.63) is 0 Å². The quantitative estimate of drug-likeness (QED) is 0.163. The van der Waals surface area contributed by atoms with Crippen LogP contribution in [0.15, 0.2) is 0 Å². The maximum atomic E-state index is 11.1. The molecule has 8 N–H and O–H groups in total. The molecule has 0 amide bonds. The minimum atomic E-state index is -4.71. The molecule has 0 aromatic carbocycles. The standard InChI is InChI=1S/C18H36N5O7P/c1-19-15-12-17(21-9-20-15)23(16(22-12)10-6-4-2-3-5-7-10)18-14(25)13(24)11(30-18)8-29-31(26,27)28/h10-22,24-25H,2-9H2,1H3,(H2,26,27,28)/t11-,12?,13-,14-,15?,16?,17?,18-/m1/s1. The van der Waals surface area contributed by atoms with Crippen LogP contribution >= 0.6 is 7.82 Å². The number of hydrogen-bond acceptors (Lipinski definition) is 10. The molecule has 0 radical (unpaired) electrons. The second kappa shape index (κ2) is 9.96. The predicted molar refractivity (Wildman–Crippen MR) is 110 cm³/mol. The summed E-state index contributed by atoms with van der Waals surface area (Å²) in [5.41, 5.74) is 0. The average Bonchev–Trinajstić information content (AvgIpc) is 3.09. The van der Waals surface area contributed by atoms with Crippen LogP contribution in [0.4, 0.5) is 0 Å². The van der Waals surface area contributed by atoms with Crippen molar-refractivity contribution in [2.24, 2.45) is 5.92 Å². The van der Waals surface area contributed by atoms with Gasteiger partial charge in [0, 0.05) is 6.67 Å². The summed E-state index contributed by atoms with van der Waals surface area (Å²) in [6.07, 6.45) is 2.27. The van der Waals surface area contributed by atoms with Crippen LogP contribution in [0.2, 0.25) is 0 Å². The molecule has 180 valence electrons. The maximum Gasteiger partial charge on any atom is 0.469 e. The van der Waals surface area contributed by atoms with Gasteiger partial charge in [0.25, 0.3) is 0 Å². The highest BCUT2D eigenvalue weighted by molar-refractivity contribution is 7.46. The summed E-state index contributed by atoms with van der Waals surface area (Å²) in [7, 11) is -2.82. The van der Waals surface area contributed by atoms with E-state index in [9.17, 15) is 14.8 Å². The van der Waals surface area contributed by atoms with E-state index in [1.54, 1.807) is 0 Å². The van der Waals surface area contributed by atoms with Crippen LogP contribution in [0, 0.1) is 5.92 Å². The van der Waals surface area contributed by atoms with Gasteiger partial charge in [-0.3, -0.25) is 20.5 Å². The number of ether oxygens (including phenoxy) is 1. The molecule has 0 spiro atoms. The van der Waals surface area contributed by atoms with Gasteiger partial charge in [0.1, 0.15) is 24.5 Å². The molecule has 13 heteroatoms. The molecule has 1 aliphatic carbocycles. The lowest BCUT2D eigenvalue weighted by Crippen LogP contribution is -2.69. The normalized spacial score (nSPS) is 43.1. The van der Waals surface area contributed by atoms with E-state index in [0.717, 1.165) is 25.7 Å². The molecule has 3 saturated heterocycles. The predicted octanol–water partition coefficient (Wildman–Crippen LogP) is -1.87. The molecule has 4 unspecified atom stereocenters. The Morgan fingerprint density at radius 3 is 2.45 bits per heavy atom. The van der Waals surface area contributed by atoms with Crippen LogP contribution in [0.3, 0.4) is 0 Å². The molecule has 0 aromatic heterocycles. The van der Waals surface area contributed by atoms with Crippen molar-refractivity contribution in [1.29, 1.82) is 0 Å². The van der Waals surface area contributed by atoms with E-state index in [2.05, 4.69) is 30.7 Å². The number of aliphatic hydroxyl groups is 2. The zero-order chi connectivity index (χ0) is 22.2. The van der Waals surface area contributed by atoms with Crippen LogP contribution in [0.1, 0.15) is 38.5 Å². The second-order valence-electron chi connectivity index (χ2n) is 8.96. The van der Waals surface area contributed by atoms with E-state index < -0.39 is 39.0 Å². The van der Waals surface area contributed by atoms with Crippen molar-refractivity contribution in [3.63, 3.8) is 0 Å². The van der Waals surface area contributed by atoms with Gasteiger partial charge in [0.2, 0.25) is 0 Å². The minimum Gasteiger partial charge on any atom is -0.387 e. The van der Waals surface area contributed by atoms with Crippen molar-refractivity contribution in [3.8, 4) is 0 Å². The van der Waals surface area contributed by atoms with Gasteiger partial charge in [-0.25, -0.2) is 9.46 Å². The van der Waals surface area contributed by atoms with E-state index in [1.807, 2.05) is 7.05 Å². The van der Waals surface area contributed by atoms with E-state index in [1.165, 1.54) is 12.8 Å². The molecular formula is C18H36N5O7P. The Morgan fingerprint density at radius 1 is 1.10 bits per heavy atom. The van der Waals surface area contributed by atoms with Gasteiger partial charge in [-0.2, -0.15) is 0 Å². The number of phosphoric ester groups is 1. The average molecular weight is 465 g/mol. The molecule has 4 rings (SSSR count). The summed E-state index contributed by atoms with van der Waals surface area (Å²) in [6, 6.07) is 0.00495. The van der Waals surface area contributed by atoms with Crippen molar-refractivity contribution in [2.45, 2.75) is 87.6 Å². The van der Waals surface area contributed by atoms with Crippen LogP contribution in [-0.4, -0.2) is 94.3 Å². The summed E-state index contributed by atoms with van der Waals surface area (Å²) in [5, 5.41) is 35.2. The molecule has 3 heterocycles. The summed E-state index contributed by atoms with van der Waals surface area (Å²) in [5.74, 6) is 0.366. The number of likely N-dealkylation sites (N-methyl/N-ethyl adjacent to an activating group) is 1. The first-order valence-corrected chi connectivity index (χ1v) is 12.7. The highest BCUT2D eigenvalue weighted by Crippen LogP contribution is 2.40. The molecule has 3 aliphatic heterocycles. The first kappa shape index (κ1) is 23.9. The minimum absolute atomic E-state index is 0.00495. The third kappa shape index (κ3) is 5.16. The smallest absolute Gasteiger partial charge is 0.387 e. The topological polar surface area (TPSA) is 168 Å². The molecule has 4 aliphatic rings. The van der Waals surface area contributed by atoms with E-state index in [0.29, 0.717) is 12.6 Å². The van der Waals surface area contributed by atoms with Crippen LogP contribution < -0.4 is 21.3 Å². The van der Waals surface area contributed by atoms with Gasteiger partial charge in [-0.15, -0.1) is 0 Å². The highest BCUT2D eigenvalue weighted by Gasteiger charge is 2.56. The third-order valence-electron chi connectivity index (χ3n) is 7.03. The van der Waals surface area contributed by atoms with Gasteiger partial charge in [-0.1, -0.05) is 25.7 Å². The molecule has 31 heavy (non-hydrogen) atoms. The first-order valence-electron chi connectivity index (χ1n) is 11.2. The summed E-state index contributed by atoms with van der Waals surface area (Å²) < 4.78 is 21.6. The Morgan fingerprint density at radius 2 is 1.81 bits per heavy atom. The van der Waals surface area contributed by atoms with Gasteiger partial charge < -0.3 is 30.1 Å². The largest absolute Gasteiger partial charge is 0.469 e. The Hall–Kier alpha value is -0.210. The molecular weight excluding hydrogens is 429 g/mol. The van der Waals surface area contributed by atoms with Gasteiger partial charge in [-0.05, 0) is 25.8 Å². The van der Waals surface area contributed by atoms with E-state index >= 15 is 0 Å². The maximum absolute atomic E-state index is 11.1. The molecule has 1 saturated carbocycles. The first-order chi connectivity index (χ1) is 14.8. The number of phosphoric acid groups is 1. The Labute approximate surface area is 182 Å². The molecule has 4 fully saturated rings. The number of nitrogens with one attached hydrogen (secondary N) is 4. The third-order valence-corrected chi connectivity index (χ3v) is 7.52. The van der Waals surface area contributed by atoms with Gasteiger partial charge in [0.05, 0.1) is 31.1 Å². The van der Waals surface area contributed by atoms with Crippen molar-refractivity contribution in [1.82, 2.24) is 26.2 Å². The SMILES string of the molecule is CNC1NCNC2C1NC(C1CCCCCC1)N2[C@@H]1O[C@H](COP(=O)(O)O)[C@@H](O)[C@H]1O. The molecule has 0 aromatic rings. The molecule has 12 nitrogen and oxygen atoms in total. The van der Waals surface area contributed by atoms with Gasteiger partial charge >= 0.3 is 7.82 Å². The lowest BCUT2D eigenvalue weighted by molar-refractivity contribution is -0.131. The highest BCUT2D eigenvalue weighted by atomic mass is 31.2. The van der Waals surface area contributed by atoms with E-state index in [4.69, 9.17) is 14.5 Å². The Bertz CT molecular complexity index is 649. The van der Waals surface area contributed by atoms with Crippen molar-refractivity contribution in [2.75, 3.05) is 20.3 Å². The lowest BCUT2D eigenvalue weighted by atomic mass is 9.96. The molecule has 8 atom stereocenters. The zero-order valence-electron chi connectivity index (χ0n) is 17.8. The second-order valence-corrected chi connectivity index (χ2v) is 10.2. The van der Waals surface area contributed by atoms with Crippen LogP contribution in [0.5, 0.6) is 0 Å². The number of rotatable bonds is 6. The van der Waals surface area contributed by atoms with Gasteiger partial charge in [0.15, 0.2) is 0 Å². The zero-order valence-corrected chi connectivity index (χ0v) is 18.7. The molecule has 0 bridgehead atoms. The number of fused-ring (bicyclic) bond motifs is 1. The number of nitrogens with zero attached hydrogens (tertiary/aromatic N) is 1. The van der Waals surface area contributed by atoms with E-state index in [-0.39, 0.29) is 24.5 Å².